The van der Waals surface area contributed by atoms with Crippen LogP contribution in [0.1, 0.15) is 43.0 Å². The lowest BCUT2D eigenvalue weighted by Gasteiger charge is -2.03. The molecule has 112 valence electrons. The van der Waals surface area contributed by atoms with Crippen LogP contribution in [0.3, 0.4) is 0 Å². The fourth-order valence-corrected chi connectivity index (χ4v) is 5.30. The van der Waals surface area contributed by atoms with E-state index in [2.05, 4.69) is 17.0 Å². The summed E-state index contributed by atoms with van der Waals surface area (Å²) in [5, 5.41) is 3.44. The zero-order chi connectivity index (χ0) is 14.3. The number of aryl methyl sites for hydroxylation is 1. The maximum atomic E-state index is 12.3. The van der Waals surface area contributed by atoms with Crippen molar-refractivity contribution in [1.29, 1.82) is 0 Å². The Morgan fingerprint density at radius 2 is 2.15 bits per heavy atom. The van der Waals surface area contributed by atoms with E-state index < -0.39 is 10.0 Å². The van der Waals surface area contributed by atoms with Gasteiger partial charge in [-0.2, -0.15) is 0 Å². The first-order valence-corrected chi connectivity index (χ1v) is 9.64. The van der Waals surface area contributed by atoms with E-state index >= 15 is 0 Å². The molecule has 0 radical (unpaired) electrons. The second-order valence-electron chi connectivity index (χ2n) is 5.96. The van der Waals surface area contributed by atoms with Crippen LogP contribution in [0.15, 0.2) is 10.3 Å². The summed E-state index contributed by atoms with van der Waals surface area (Å²) >= 11 is 1.40. The number of nitrogens with one attached hydrogen (secondary N) is 2. The van der Waals surface area contributed by atoms with Crippen molar-refractivity contribution in [2.24, 2.45) is 5.92 Å². The van der Waals surface area contributed by atoms with Crippen molar-refractivity contribution in [2.75, 3.05) is 0 Å². The number of thiophene rings is 1. The summed E-state index contributed by atoms with van der Waals surface area (Å²) < 4.78 is 28.0. The van der Waals surface area contributed by atoms with Crippen molar-refractivity contribution in [1.82, 2.24) is 10.0 Å². The molecule has 2 aliphatic rings. The van der Waals surface area contributed by atoms with Crippen molar-refractivity contribution >= 4 is 21.4 Å². The Morgan fingerprint density at radius 1 is 1.40 bits per heavy atom. The van der Waals surface area contributed by atoms with E-state index in [0.29, 0.717) is 16.2 Å². The molecule has 2 saturated carbocycles. The van der Waals surface area contributed by atoms with Crippen LogP contribution in [0.5, 0.6) is 0 Å². The van der Waals surface area contributed by atoms with Gasteiger partial charge in [-0.1, -0.05) is 13.3 Å². The first-order valence-electron chi connectivity index (χ1n) is 7.34. The molecule has 2 fully saturated rings. The number of sulfonamides is 1. The minimum atomic E-state index is -3.32. The highest BCUT2D eigenvalue weighted by atomic mass is 32.2. The summed E-state index contributed by atoms with van der Waals surface area (Å²) in [6.07, 6.45) is 4.53. The van der Waals surface area contributed by atoms with Gasteiger partial charge in [-0.15, -0.1) is 11.3 Å². The lowest BCUT2D eigenvalue weighted by molar-refractivity contribution is 0.578. The standard InChI is InChI=1S/C14H22N2O2S2/c1-3-10-7-12(10)16-20(17,18)14-6-9(2)13(19-14)8-15-11-4-5-11/h6,10-12,15-16H,3-5,7-8H2,1-2H3. The average Bonchev–Trinajstić information content (AvgIpc) is 3.29. The summed E-state index contributed by atoms with van der Waals surface area (Å²) in [7, 11) is -3.32. The van der Waals surface area contributed by atoms with Crippen molar-refractivity contribution in [2.45, 2.75) is 62.4 Å². The molecule has 2 atom stereocenters. The van der Waals surface area contributed by atoms with Gasteiger partial charge in [-0.3, -0.25) is 0 Å². The highest BCUT2D eigenvalue weighted by Crippen LogP contribution is 2.35. The summed E-state index contributed by atoms with van der Waals surface area (Å²) in [5.41, 5.74) is 1.08. The number of hydrogen-bond donors (Lipinski definition) is 2. The number of rotatable bonds is 7. The van der Waals surface area contributed by atoms with E-state index in [1.54, 1.807) is 6.07 Å². The summed E-state index contributed by atoms with van der Waals surface area (Å²) in [5.74, 6) is 0.529. The van der Waals surface area contributed by atoms with Gasteiger partial charge in [0.2, 0.25) is 10.0 Å². The minimum Gasteiger partial charge on any atom is -0.309 e. The van der Waals surface area contributed by atoms with Gasteiger partial charge >= 0.3 is 0 Å². The lowest BCUT2D eigenvalue weighted by atomic mass is 10.3. The minimum absolute atomic E-state index is 0.153. The van der Waals surface area contributed by atoms with Crippen LogP contribution in [0, 0.1) is 12.8 Å². The molecule has 0 aromatic carbocycles. The second-order valence-corrected chi connectivity index (χ2v) is 9.04. The van der Waals surface area contributed by atoms with Crippen molar-refractivity contribution in [3.8, 4) is 0 Å². The predicted molar refractivity (Wildman–Crippen MR) is 81.4 cm³/mol. The highest BCUT2D eigenvalue weighted by Gasteiger charge is 2.39. The highest BCUT2D eigenvalue weighted by molar-refractivity contribution is 7.91. The zero-order valence-corrected chi connectivity index (χ0v) is 13.6. The SMILES string of the molecule is CCC1CC1NS(=O)(=O)c1cc(C)c(CNC2CC2)s1. The third kappa shape index (κ3) is 3.24. The molecule has 0 spiro atoms. The molecule has 4 nitrogen and oxygen atoms in total. The maximum absolute atomic E-state index is 12.3. The molecule has 0 amide bonds. The van der Waals surface area contributed by atoms with Gasteiger partial charge in [0, 0.05) is 23.5 Å². The summed E-state index contributed by atoms with van der Waals surface area (Å²) in [6.45, 7) is 4.89. The molecular formula is C14H22N2O2S2. The molecule has 1 aromatic heterocycles. The van der Waals surface area contributed by atoms with Crippen LogP contribution in [0.4, 0.5) is 0 Å². The Morgan fingerprint density at radius 3 is 2.75 bits per heavy atom. The first-order chi connectivity index (χ1) is 9.49. The van der Waals surface area contributed by atoms with Gasteiger partial charge < -0.3 is 5.32 Å². The van der Waals surface area contributed by atoms with Crippen LogP contribution < -0.4 is 10.0 Å². The van der Waals surface area contributed by atoms with Gasteiger partial charge in [0.15, 0.2) is 0 Å². The molecule has 1 aromatic rings. The first kappa shape index (κ1) is 14.5. The molecule has 6 heteroatoms. The van der Waals surface area contributed by atoms with Crippen LogP contribution in [-0.4, -0.2) is 20.5 Å². The lowest BCUT2D eigenvalue weighted by Crippen LogP contribution is -2.26. The van der Waals surface area contributed by atoms with E-state index in [9.17, 15) is 8.42 Å². The van der Waals surface area contributed by atoms with E-state index in [0.717, 1.165) is 29.8 Å². The van der Waals surface area contributed by atoms with E-state index in [-0.39, 0.29) is 6.04 Å². The maximum Gasteiger partial charge on any atom is 0.250 e. The average molecular weight is 314 g/mol. The molecule has 20 heavy (non-hydrogen) atoms. The molecule has 0 aliphatic heterocycles. The summed E-state index contributed by atoms with van der Waals surface area (Å²) in [6, 6.07) is 2.60. The fraction of sp³-hybridized carbons (Fsp3) is 0.714. The monoisotopic (exact) mass is 314 g/mol. The molecule has 2 unspecified atom stereocenters. The van der Waals surface area contributed by atoms with Crippen molar-refractivity contribution in [3.63, 3.8) is 0 Å². The van der Waals surface area contributed by atoms with Crippen LogP contribution >= 0.6 is 11.3 Å². The summed E-state index contributed by atoms with van der Waals surface area (Å²) in [4.78, 5) is 1.14. The Bertz CT molecular complexity index is 590. The van der Waals surface area contributed by atoms with Gasteiger partial charge in [0.25, 0.3) is 0 Å². The van der Waals surface area contributed by atoms with Crippen molar-refractivity contribution in [3.05, 3.63) is 16.5 Å². The zero-order valence-electron chi connectivity index (χ0n) is 12.0. The third-order valence-corrected chi connectivity index (χ3v) is 7.35. The molecular weight excluding hydrogens is 292 g/mol. The molecule has 0 bridgehead atoms. The van der Waals surface area contributed by atoms with Gasteiger partial charge in [-0.05, 0) is 43.7 Å². The van der Waals surface area contributed by atoms with E-state index in [1.807, 2.05) is 6.92 Å². The van der Waals surface area contributed by atoms with Crippen molar-refractivity contribution < 1.29 is 8.42 Å². The smallest absolute Gasteiger partial charge is 0.250 e. The quantitative estimate of drug-likeness (QED) is 0.812. The molecule has 0 saturated heterocycles. The molecule has 2 N–H and O–H groups in total. The third-order valence-electron chi connectivity index (χ3n) is 4.14. The van der Waals surface area contributed by atoms with Gasteiger partial charge in [-0.25, -0.2) is 13.1 Å². The van der Waals surface area contributed by atoms with Crippen LogP contribution in [0.2, 0.25) is 0 Å². The molecule has 1 heterocycles. The molecule has 2 aliphatic carbocycles. The van der Waals surface area contributed by atoms with E-state index in [4.69, 9.17) is 0 Å². The topological polar surface area (TPSA) is 58.2 Å². The van der Waals surface area contributed by atoms with Crippen LogP contribution in [-0.2, 0) is 16.6 Å². The number of hydrogen-bond acceptors (Lipinski definition) is 4. The Hall–Kier alpha value is -0.430. The van der Waals surface area contributed by atoms with E-state index in [1.165, 1.54) is 24.2 Å². The second kappa shape index (κ2) is 5.40. The Labute approximate surface area is 125 Å². The predicted octanol–water partition coefficient (Wildman–Crippen LogP) is 2.39. The van der Waals surface area contributed by atoms with Gasteiger partial charge in [0.05, 0.1) is 0 Å². The van der Waals surface area contributed by atoms with Crippen LogP contribution in [0.25, 0.3) is 0 Å². The Balaban J connectivity index is 1.67. The Kier molecular flexibility index (Phi) is 3.92. The largest absolute Gasteiger partial charge is 0.309 e. The van der Waals surface area contributed by atoms with Gasteiger partial charge in [0.1, 0.15) is 4.21 Å². The fourth-order valence-electron chi connectivity index (χ4n) is 2.42. The molecule has 3 rings (SSSR count). The normalized spacial score (nSPS) is 25.9.